The molecular weight excluding hydrogens is 242 g/mol. The zero-order valence-corrected chi connectivity index (χ0v) is 11.3. The standard InChI is InChI=1S/C19H17N/c1-2-14-20-19-17-11-7-6-10-16(17)12-13-18(19)15-8-4-3-5-9-15/h2-13,20H,1,14H2. The van der Waals surface area contributed by atoms with Crippen LogP contribution in [0, 0.1) is 0 Å². The number of rotatable bonds is 4. The summed E-state index contributed by atoms with van der Waals surface area (Å²) in [6.07, 6.45) is 1.89. The monoisotopic (exact) mass is 259 g/mol. The summed E-state index contributed by atoms with van der Waals surface area (Å²) in [5, 5.41) is 5.98. The molecule has 3 rings (SSSR count). The number of benzene rings is 3. The Kier molecular flexibility index (Phi) is 3.51. The highest BCUT2D eigenvalue weighted by Gasteiger charge is 2.08. The molecule has 0 aliphatic rings. The van der Waals surface area contributed by atoms with Crippen LogP contribution in [0.25, 0.3) is 21.9 Å². The van der Waals surface area contributed by atoms with Crippen LogP contribution < -0.4 is 5.32 Å². The molecule has 0 aromatic heterocycles. The Bertz CT molecular complexity index is 729. The average Bonchev–Trinajstić information content (AvgIpc) is 2.53. The number of nitrogens with one attached hydrogen (secondary N) is 1. The van der Waals surface area contributed by atoms with Crippen molar-refractivity contribution < 1.29 is 0 Å². The lowest BCUT2D eigenvalue weighted by molar-refractivity contribution is 1.35. The maximum absolute atomic E-state index is 3.80. The van der Waals surface area contributed by atoms with Crippen LogP contribution in [-0.4, -0.2) is 6.54 Å². The van der Waals surface area contributed by atoms with Gasteiger partial charge in [-0.25, -0.2) is 0 Å². The van der Waals surface area contributed by atoms with Gasteiger partial charge in [-0.2, -0.15) is 0 Å². The molecule has 20 heavy (non-hydrogen) atoms. The molecule has 98 valence electrons. The third kappa shape index (κ3) is 2.30. The Labute approximate surface area is 119 Å². The van der Waals surface area contributed by atoms with Crippen LogP contribution in [-0.2, 0) is 0 Å². The molecular formula is C19H17N. The van der Waals surface area contributed by atoms with Gasteiger partial charge in [0.2, 0.25) is 0 Å². The fourth-order valence-corrected chi connectivity index (χ4v) is 2.49. The second kappa shape index (κ2) is 5.62. The van der Waals surface area contributed by atoms with E-state index in [1.165, 1.54) is 27.6 Å². The zero-order chi connectivity index (χ0) is 13.8. The van der Waals surface area contributed by atoms with Crippen molar-refractivity contribution in [2.75, 3.05) is 11.9 Å². The Hall–Kier alpha value is -2.54. The molecule has 1 heteroatoms. The highest BCUT2D eigenvalue weighted by molar-refractivity contribution is 6.01. The molecule has 0 fully saturated rings. The number of fused-ring (bicyclic) bond motifs is 1. The van der Waals surface area contributed by atoms with Crippen molar-refractivity contribution in [1.29, 1.82) is 0 Å². The van der Waals surface area contributed by atoms with Crippen molar-refractivity contribution in [1.82, 2.24) is 0 Å². The number of hydrogen-bond acceptors (Lipinski definition) is 1. The predicted octanol–water partition coefficient (Wildman–Crippen LogP) is 5.10. The molecule has 0 heterocycles. The van der Waals surface area contributed by atoms with E-state index in [-0.39, 0.29) is 0 Å². The molecule has 0 aliphatic heterocycles. The molecule has 0 unspecified atom stereocenters. The maximum Gasteiger partial charge on any atom is 0.0502 e. The van der Waals surface area contributed by atoms with Gasteiger partial charge < -0.3 is 5.32 Å². The first-order valence-corrected chi connectivity index (χ1v) is 6.82. The van der Waals surface area contributed by atoms with Gasteiger partial charge in [0.15, 0.2) is 0 Å². The lowest BCUT2D eigenvalue weighted by Gasteiger charge is -2.14. The summed E-state index contributed by atoms with van der Waals surface area (Å²) >= 11 is 0. The van der Waals surface area contributed by atoms with Gasteiger partial charge in [-0.05, 0) is 10.9 Å². The Morgan fingerprint density at radius 2 is 1.60 bits per heavy atom. The third-order valence-corrected chi connectivity index (χ3v) is 3.44. The lowest BCUT2D eigenvalue weighted by atomic mass is 9.98. The highest BCUT2D eigenvalue weighted by Crippen LogP contribution is 2.34. The molecule has 0 amide bonds. The zero-order valence-electron chi connectivity index (χ0n) is 11.3. The minimum atomic E-state index is 0.758. The second-order valence-corrected chi connectivity index (χ2v) is 4.74. The van der Waals surface area contributed by atoms with Crippen molar-refractivity contribution in [2.24, 2.45) is 0 Å². The van der Waals surface area contributed by atoms with Gasteiger partial charge in [-0.3, -0.25) is 0 Å². The van der Waals surface area contributed by atoms with E-state index < -0.39 is 0 Å². The molecule has 0 aliphatic carbocycles. The van der Waals surface area contributed by atoms with Crippen molar-refractivity contribution in [3.8, 4) is 11.1 Å². The molecule has 1 nitrogen and oxygen atoms in total. The van der Waals surface area contributed by atoms with E-state index in [0.29, 0.717) is 0 Å². The van der Waals surface area contributed by atoms with E-state index in [2.05, 4.69) is 72.6 Å². The predicted molar refractivity (Wildman–Crippen MR) is 88.1 cm³/mol. The molecule has 0 saturated carbocycles. The van der Waals surface area contributed by atoms with Gasteiger partial charge in [0.25, 0.3) is 0 Å². The van der Waals surface area contributed by atoms with Crippen LogP contribution in [0.4, 0.5) is 5.69 Å². The highest BCUT2D eigenvalue weighted by atomic mass is 14.9. The summed E-state index contributed by atoms with van der Waals surface area (Å²) < 4.78 is 0. The summed E-state index contributed by atoms with van der Waals surface area (Å²) in [6, 6.07) is 23.3. The number of hydrogen-bond donors (Lipinski definition) is 1. The minimum absolute atomic E-state index is 0.758. The second-order valence-electron chi connectivity index (χ2n) is 4.74. The fraction of sp³-hybridized carbons (Fsp3) is 0.0526. The van der Waals surface area contributed by atoms with E-state index >= 15 is 0 Å². The fourth-order valence-electron chi connectivity index (χ4n) is 2.49. The van der Waals surface area contributed by atoms with E-state index in [0.717, 1.165) is 6.54 Å². The quantitative estimate of drug-likeness (QED) is 0.642. The van der Waals surface area contributed by atoms with E-state index in [4.69, 9.17) is 0 Å². The van der Waals surface area contributed by atoms with Crippen LogP contribution in [0.5, 0.6) is 0 Å². The summed E-state index contributed by atoms with van der Waals surface area (Å²) in [7, 11) is 0. The summed E-state index contributed by atoms with van der Waals surface area (Å²) in [6.45, 7) is 4.55. The largest absolute Gasteiger partial charge is 0.381 e. The van der Waals surface area contributed by atoms with Gasteiger partial charge in [0.05, 0.1) is 5.69 Å². The van der Waals surface area contributed by atoms with Crippen LogP contribution in [0.2, 0.25) is 0 Å². The maximum atomic E-state index is 3.80. The van der Waals surface area contributed by atoms with Crippen LogP contribution in [0.15, 0.2) is 79.4 Å². The third-order valence-electron chi connectivity index (χ3n) is 3.44. The Morgan fingerprint density at radius 3 is 2.40 bits per heavy atom. The molecule has 3 aromatic carbocycles. The minimum Gasteiger partial charge on any atom is -0.381 e. The molecule has 0 saturated heterocycles. The molecule has 0 atom stereocenters. The summed E-state index contributed by atoms with van der Waals surface area (Å²) in [5.74, 6) is 0. The molecule has 3 aromatic rings. The van der Waals surface area contributed by atoms with Gasteiger partial charge in [-0.1, -0.05) is 72.8 Å². The summed E-state index contributed by atoms with van der Waals surface area (Å²) in [4.78, 5) is 0. The van der Waals surface area contributed by atoms with Gasteiger partial charge >= 0.3 is 0 Å². The van der Waals surface area contributed by atoms with E-state index in [1.54, 1.807) is 0 Å². The molecule has 0 spiro atoms. The van der Waals surface area contributed by atoms with Crippen molar-refractivity contribution >= 4 is 16.5 Å². The van der Waals surface area contributed by atoms with Gasteiger partial charge in [-0.15, -0.1) is 6.58 Å². The van der Waals surface area contributed by atoms with Gasteiger partial charge in [0, 0.05) is 17.5 Å². The lowest BCUT2D eigenvalue weighted by Crippen LogP contribution is -2.00. The van der Waals surface area contributed by atoms with E-state index in [1.807, 2.05) is 12.1 Å². The summed E-state index contributed by atoms with van der Waals surface area (Å²) in [5.41, 5.74) is 3.63. The van der Waals surface area contributed by atoms with Gasteiger partial charge in [0.1, 0.15) is 0 Å². The van der Waals surface area contributed by atoms with Crippen LogP contribution >= 0.6 is 0 Å². The van der Waals surface area contributed by atoms with Crippen molar-refractivity contribution in [2.45, 2.75) is 0 Å². The smallest absolute Gasteiger partial charge is 0.0502 e. The first-order valence-electron chi connectivity index (χ1n) is 6.82. The molecule has 0 radical (unpaired) electrons. The molecule has 1 N–H and O–H groups in total. The van der Waals surface area contributed by atoms with E-state index in [9.17, 15) is 0 Å². The van der Waals surface area contributed by atoms with Crippen molar-refractivity contribution in [3.63, 3.8) is 0 Å². The molecule has 0 bridgehead atoms. The first-order chi connectivity index (χ1) is 9.90. The SMILES string of the molecule is C=CCNc1c(-c2ccccc2)ccc2ccccc12. The average molecular weight is 259 g/mol. The normalized spacial score (nSPS) is 10.4. The van der Waals surface area contributed by atoms with Crippen molar-refractivity contribution in [3.05, 3.63) is 79.4 Å². The van der Waals surface area contributed by atoms with Crippen LogP contribution in [0.1, 0.15) is 0 Å². The first kappa shape index (κ1) is 12.5. The Balaban J connectivity index is 2.23. The topological polar surface area (TPSA) is 12.0 Å². The number of anilines is 1. The Morgan fingerprint density at radius 1 is 0.850 bits per heavy atom. The van der Waals surface area contributed by atoms with Crippen LogP contribution in [0.3, 0.4) is 0 Å².